The molecule has 0 bridgehead atoms. The number of nitrogen functional groups attached to an aromatic ring is 1. The smallest absolute Gasteiger partial charge is 0.223 e. The zero-order valence-corrected chi connectivity index (χ0v) is 12.1. The van der Waals surface area contributed by atoms with Gasteiger partial charge in [0.05, 0.1) is 6.33 Å². The van der Waals surface area contributed by atoms with Gasteiger partial charge in [-0.15, -0.1) is 11.6 Å². The Morgan fingerprint density at radius 2 is 2.00 bits per heavy atom. The van der Waals surface area contributed by atoms with Crippen molar-refractivity contribution in [3.05, 3.63) is 41.7 Å². The normalized spacial score (nSPS) is 11.1. The lowest BCUT2D eigenvalue weighted by molar-refractivity contribution is 1.10. The molecule has 0 unspecified atom stereocenters. The average molecular weight is 306 g/mol. The summed E-state index contributed by atoms with van der Waals surface area (Å²) in [5.41, 5.74) is 9.42. The molecule has 20 heavy (non-hydrogen) atoms. The number of hydrogen-bond acceptors (Lipinski definition) is 5. The molecule has 2 aromatic heterocycles. The molecule has 0 spiro atoms. The number of aromatic amines is 1. The molecule has 7 heteroatoms. The molecule has 3 aromatic rings. The van der Waals surface area contributed by atoms with E-state index < -0.39 is 0 Å². The Morgan fingerprint density at radius 3 is 2.80 bits per heavy atom. The largest absolute Gasteiger partial charge is 0.368 e. The van der Waals surface area contributed by atoms with Gasteiger partial charge in [0.15, 0.2) is 5.65 Å². The molecule has 2 heterocycles. The number of anilines is 1. The van der Waals surface area contributed by atoms with Gasteiger partial charge in [0, 0.05) is 11.6 Å². The van der Waals surface area contributed by atoms with Gasteiger partial charge in [-0.1, -0.05) is 36.0 Å². The standard InChI is InChI=1S/C13H12ClN5S/c14-5-8-3-1-2-4-9(8)6-20-12-10-11(17-7-16-10)18-13(15)19-12/h1-4,7H,5-6H2,(H3,15,16,17,18,19). The third kappa shape index (κ3) is 2.57. The molecule has 1 aromatic carbocycles. The van der Waals surface area contributed by atoms with Crippen LogP contribution >= 0.6 is 23.4 Å². The topological polar surface area (TPSA) is 80.5 Å². The number of fused-ring (bicyclic) bond motifs is 1. The van der Waals surface area contributed by atoms with E-state index in [9.17, 15) is 0 Å². The van der Waals surface area contributed by atoms with Crippen LogP contribution in [0.15, 0.2) is 35.6 Å². The van der Waals surface area contributed by atoms with E-state index in [1.165, 1.54) is 5.56 Å². The van der Waals surface area contributed by atoms with Crippen LogP contribution in [-0.4, -0.2) is 19.9 Å². The minimum Gasteiger partial charge on any atom is -0.368 e. The second kappa shape index (κ2) is 5.68. The van der Waals surface area contributed by atoms with Crippen LogP contribution in [0.1, 0.15) is 11.1 Å². The first kappa shape index (κ1) is 13.2. The summed E-state index contributed by atoms with van der Waals surface area (Å²) in [6, 6.07) is 8.09. The molecule has 0 saturated heterocycles. The van der Waals surface area contributed by atoms with Gasteiger partial charge in [0.2, 0.25) is 5.95 Å². The van der Waals surface area contributed by atoms with E-state index in [0.717, 1.165) is 21.9 Å². The Balaban J connectivity index is 1.88. The Morgan fingerprint density at radius 1 is 1.20 bits per heavy atom. The molecular weight excluding hydrogens is 294 g/mol. The molecular formula is C13H12ClN5S. The molecule has 0 saturated carbocycles. The SMILES string of the molecule is Nc1nc(SCc2ccccc2CCl)c2[nH]cnc2n1. The summed E-state index contributed by atoms with van der Waals surface area (Å²) in [5, 5.41) is 0.800. The van der Waals surface area contributed by atoms with E-state index in [-0.39, 0.29) is 5.95 Å². The van der Waals surface area contributed by atoms with Gasteiger partial charge >= 0.3 is 0 Å². The predicted octanol–water partition coefficient (Wildman–Crippen LogP) is 2.97. The fourth-order valence-electron chi connectivity index (χ4n) is 1.90. The number of nitrogens with two attached hydrogens (primary N) is 1. The molecule has 0 aliphatic rings. The van der Waals surface area contributed by atoms with Gasteiger partial charge in [-0.3, -0.25) is 0 Å². The first-order valence-electron chi connectivity index (χ1n) is 6.00. The van der Waals surface area contributed by atoms with Crippen LogP contribution in [0.3, 0.4) is 0 Å². The Labute approximate surface area is 125 Å². The van der Waals surface area contributed by atoms with Gasteiger partial charge in [-0.25, -0.2) is 9.97 Å². The van der Waals surface area contributed by atoms with Crippen molar-refractivity contribution in [3.63, 3.8) is 0 Å². The number of hydrogen-bond donors (Lipinski definition) is 2. The fraction of sp³-hybridized carbons (Fsp3) is 0.154. The highest BCUT2D eigenvalue weighted by molar-refractivity contribution is 7.98. The van der Waals surface area contributed by atoms with Crippen LogP contribution in [0.2, 0.25) is 0 Å². The maximum Gasteiger partial charge on any atom is 0.223 e. The van der Waals surface area contributed by atoms with Crippen molar-refractivity contribution in [2.75, 3.05) is 5.73 Å². The molecule has 0 aliphatic carbocycles. The number of halogens is 1. The van der Waals surface area contributed by atoms with Gasteiger partial charge < -0.3 is 10.7 Å². The zero-order chi connectivity index (χ0) is 13.9. The molecule has 0 fully saturated rings. The summed E-state index contributed by atoms with van der Waals surface area (Å²) >= 11 is 7.54. The van der Waals surface area contributed by atoms with Crippen molar-refractivity contribution in [3.8, 4) is 0 Å². The van der Waals surface area contributed by atoms with Crippen LogP contribution in [0.4, 0.5) is 5.95 Å². The summed E-state index contributed by atoms with van der Waals surface area (Å²) in [6.07, 6.45) is 1.59. The number of alkyl halides is 1. The second-order valence-electron chi connectivity index (χ2n) is 4.18. The number of thioether (sulfide) groups is 1. The predicted molar refractivity (Wildman–Crippen MR) is 81.7 cm³/mol. The molecule has 3 rings (SSSR count). The van der Waals surface area contributed by atoms with Crippen LogP contribution in [0.5, 0.6) is 0 Å². The number of H-pyrrole nitrogens is 1. The Hall–Kier alpha value is -1.79. The van der Waals surface area contributed by atoms with Crippen molar-refractivity contribution < 1.29 is 0 Å². The minimum atomic E-state index is 0.234. The number of nitrogens with zero attached hydrogens (tertiary/aromatic N) is 3. The molecule has 0 amide bonds. The number of aromatic nitrogens is 4. The average Bonchev–Trinajstić information content (AvgIpc) is 2.93. The van der Waals surface area contributed by atoms with E-state index in [4.69, 9.17) is 17.3 Å². The molecule has 3 N–H and O–H groups in total. The summed E-state index contributed by atoms with van der Waals surface area (Å²) in [4.78, 5) is 15.5. The Kier molecular flexibility index (Phi) is 3.75. The van der Waals surface area contributed by atoms with Gasteiger partial charge in [-0.2, -0.15) is 4.98 Å². The van der Waals surface area contributed by atoms with Gasteiger partial charge in [0.25, 0.3) is 0 Å². The van der Waals surface area contributed by atoms with Crippen molar-refractivity contribution >= 4 is 40.5 Å². The van der Waals surface area contributed by atoms with E-state index in [2.05, 4.69) is 26.0 Å². The minimum absolute atomic E-state index is 0.234. The molecule has 0 radical (unpaired) electrons. The summed E-state index contributed by atoms with van der Waals surface area (Å²) in [7, 11) is 0. The van der Waals surface area contributed by atoms with Crippen molar-refractivity contribution in [2.45, 2.75) is 16.7 Å². The molecule has 0 aliphatic heterocycles. The van der Waals surface area contributed by atoms with Crippen LogP contribution in [-0.2, 0) is 11.6 Å². The lowest BCUT2D eigenvalue weighted by Gasteiger charge is -2.07. The number of imidazole rings is 1. The summed E-state index contributed by atoms with van der Waals surface area (Å²) in [5.74, 6) is 1.51. The van der Waals surface area contributed by atoms with Crippen LogP contribution in [0, 0.1) is 0 Å². The van der Waals surface area contributed by atoms with E-state index in [1.54, 1.807) is 18.1 Å². The van der Waals surface area contributed by atoms with E-state index >= 15 is 0 Å². The lowest BCUT2D eigenvalue weighted by atomic mass is 10.1. The lowest BCUT2D eigenvalue weighted by Crippen LogP contribution is -1.97. The van der Waals surface area contributed by atoms with E-state index in [1.807, 2.05) is 18.2 Å². The third-order valence-electron chi connectivity index (χ3n) is 2.90. The first-order chi connectivity index (χ1) is 9.78. The molecule has 5 nitrogen and oxygen atoms in total. The van der Waals surface area contributed by atoms with Crippen molar-refractivity contribution in [1.29, 1.82) is 0 Å². The highest BCUT2D eigenvalue weighted by Gasteiger charge is 2.10. The second-order valence-corrected chi connectivity index (χ2v) is 5.41. The number of benzene rings is 1. The van der Waals surface area contributed by atoms with Gasteiger partial charge in [-0.05, 0) is 11.1 Å². The monoisotopic (exact) mass is 305 g/mol. The Bertz CT molecular complexity index is 742. The molecule has 102 valence electrons. The van der Waals surface area contributed by atoms with Crippen LogP contribution < -0.4 is 5.73 Å². The highest BCUT2D eigenvalue weighted by Crippen LogP contribution is 2.28. The summed E-state index contributed by atoms with van der Waals surface area (Å²) < 4.78 is 0. The fourth-order valence-corrected chi connectivity index (χ4v) is 3.19. The summed E-state index contributed by atoms with van der Waals surface area (Å²) in [6.45, 7) is 0. The van der Waals surface area contributed by atoms with Crippen molar-refractivity contribution in [1.82, 2.24) is 19.9 Å². The molecule has 0 atom stereocenters. The third-order valence-corrected chi connectivity index (χ3v) is 4.21. The van der Waals surface area contributed by atoms with Gasteiger partial charge in [0.1, 0.15) is 10.5 Å². The highest BCUT2D eigenvalue weighted by atomic mass is 35.5. The first-order valence-corrected chi connectivity index (χ1v) is 7.52. The van der Waals surface area contributed by atoms with Crippen LogP contribution in [0.25, 0.3) is 11.2 Å². The van der Waals surface area contributed by atoms with E-state index in [0.29, 0.717) is 11.5 Å². The quantitative estimate of drug-likeness (QED) is 0.440. The number of nitrogens with one attached hydrogen (secondary N) is 1. The zero-order valence-electron chi connectivity index (χ0n) is 10.5. The maximum absolute atomic E-state index is 5.95. The maximum atomic E-state index is 5.95. The van der Waals surface area contributed by atoms with Crippen molar-refractivity contribution in [2.24, 2.45) is 0 Å². The number of rotatable bonds is 4.